The van der Waals surface area contributed by atoms with E-state index in [4.69, 9.17) is 20.4 Å². The molecule has 4 aliphatic heterocycles. The van der Waals surface area contributed by atoms with Gasteiger partial charge in [0.15, 0.2) is 0 Å². The Balaban J connectivity index is 0.000000119. The Bertz CT molecular complexity index is 4660. The van der Waals surface area contributed by atoms with Crippen LogP contribution in [0.3, 0.4) is 0 Å². The zero-order valence-corrected chi connectivity index (χ0v) is 52.8. The number of aromatic amines is 4. The molecule has 16 rings (SSSR count). The summed E-state index contributed by atoms with van der Waals surface area (Å²) in [6.07, 6.45) is 4.49. The number of aromatic carboxylic acids is 4. The fourth-order valence-electron chi connectivity index (χ4n) is 11.6. The van der Waals surface area contributed by atoms with Crippen LogP contribution in [0.5, 0.6) is 0 Å². The van der Waals surface area contributed by atoms with Gasteiger partial charge < -0.3 is 40.0 Å². The van der Waals surface area contributed by atoms with Crippen molar-refractivity contribution in [1.29, 1.82) is 0 Å². The van der Waals surface area contributed by atoms with Gasteiger partial charge in [-0.2, -0.15) is 20.4 Å². The Kier molecular flexibility index (Phi) is 18.1. The molecule has 0 saturated heterocycles. The minimum Gasteiger partial charge on any atom is -0.478 e. The smallest absolute Gasteiger partial charge is 0.345 e. The highest BCUT2D eigenvalue weighted by Crippen LogP contribution is 2.37. The maximum absolute atomic E-state index is 12.6. The van der Waals surface area contributed by atoms with E-state index in [0.717, 1.165) is 72.4 Å². The SMILES string of the molecule is O=C(O)c1ccc(-c2n[nH]c3c2CN(C(=O)c2ccccc2)C3)cc1.O=C(O)c1ccc(-c2n[nH]c3c2CN(C(=O)c2ccccc2)C3)nc1.O=C(O)c1ccc(-c2n[nH]c3c2CN(C(=O)c2ccccn2)C3)cc1.O=C(O)c1ccc(-c2n[nH]c3c2CN(C(=O)c2ccccn2)C3)s1. The van der Waals surface area contributed by atoms with Crippen molar-refractivity contribution in [3.8, 4) is 44.5 Å². The predicted octanol–water partition coefficient (Wildman–Crippen LogP) is 9.97. The molecule has 0 fully saturated rings. The molecule has 27 nitrogen and oxygen atoms in total. The van der Waals surface area contributed by atoms with Gasteiger partial charge in [0.25, 0.3) is 23.6 Å². The van der Waals surface area contributed by atoms with Gasteiger partial charge in [-0.15, -0.1) is 11.3 Å². The number of hydrogen-bond donors (Lipinski definition) is 8. The summed E-state index contributed by atoms with van der Waals surface area (Å²) in [5.41, 5.74) is 15.1. The molecule has 0 unspecified atom stereocenters. The van der Waals surface area contributed by atoms with Crippen LogP contribution >= 0.6 is 11.3 Å². The second kappa shape index (κ2) is 27.9. The topological polar surface area (TPSA) is 384 Å². The summed E-state index contributed by atoms with van der Waals surface area (Å²) in [6, 6.07) is 48.4. The van der Waals surface area contributed by atoms with Crippen molar-refractivity contribution >= 4 is 58.8 Å². The largest absolute Gasteiger partial charge is 0.478 e. The molecule has 0 radical (unpaired) electrons. The number of carboxylic acids is 4. The van der Waals surface area contributed by atoms with Crippen LogP contribution in [0.25, 0.3) is 44.5 Å². The lowest BCUT2D eigenvalue weighted by Gasteiger charge is -2.15. The molecule has 4 aromatic carbocycles. The van der Waals surface area contributed by atoms with Crippen molar-refractivity contribution in [3.05, 3.63) is 278 Å². The van der Waals surface area contributed by atoms with Crippen LogP contribution < -0.4 is 0 Å². The number of rotatable bonds is 12. The second-order valence-corrected chi connectivity index (χ2v) is 24.0. The zero-order valence-electron chi connectivity index (χ0n) is 51.9. The van der Waals surface area contributed by atoms with Crippen LogP contribution in [-0.2, 0) is 52.4 Å². The summed E-state index contributed by atoms with van der Waals surface area (Å²) in [7, 11) is 0. The van der Waals surface area contributed by atoms with E-state index in [1.807, 2.05) is 36.4 Å². The lowest BCUT2D eigenvalue weighted by Crippen LogP contribution is -2.26. The van der Waals surface area contributed by atoms with Crippen LogP contribution in [0.15, 0.2) is 188 Å². The highest BCUT2D eigenvalue weighted by molar-refractivity contribution is 7.17. The number of fused-ring (bicyclic) bond motifs is 4. The molecule has 8 N–H and O–H groups in total. The molecule has 0 aliphatic carbocycles. The second-order valence-electron chi connectivity index (χ2n) is 22.9. The molecule has 28 heteroatoms. The summed E-state index contributed by atoms with van der Waals surface area (Å²) in [4.78, 5) is 114. The van der Waals surface area contributed by atoms with Gasteiger partial charge in [0, 0.05) is 63.1 Å². The molecular weight excluding hydrogens is 1290 g/mol. The maximum atomic E-state index is 12.6. The van der Waals surface area contributed by atoms with E-state index < -0.39 is 23.9 Å². The standard InChI is InChI=1S/C19H15N3O3.2C18H14N4O3.C16H12N4O3S/c23-18(13-4-2-1-3-5-13)22-10-15-16(11-22)20-21-17(15)12-6-8-14(9-7-12)19(24)25;23-17(14-3-1-2-8-19-14)22-9-13-15(10-22)20-21-16(13)11-4-6-12(7-5-11)18(24)25;23-17(11-4-2-1-3-5-11)22-9-13-15(10-22)20-21-16(13)14-7-6-12(8-19-14)18(24)25;21-15(10-3-1-2-6-17-10)20-7-9-11(8-20)18-19-14(9)12-4-5-13(24-12)16(22)23/h1-9H,10-11H2,(H,20,21)(H,24,25);2*1-8H,9-10H2,(H,20,21)(H,24,25);1-6H,7-8H2,(H,18,19)(H,22,23). The minimum atomic E-state index is -1.02. The number of aromatic nitrogens is 11. The highest BCUT2D eigenvalue weighted by atomic mass is 32.1. The van der Waals surface area contributed by atoms with Crippen molar-refractivity contribution in [2.24, 2.45) is 0 Å². The molecule has 0 saturated carbocycles. The van der Waals surface area contributed by atoms with Gasteiger partial charge in [0.2, 0.25) is 0 Å². The number of pyridine rings is 3. The van der Waals surface area contributed by atoms with E-state index in [0.29, 0.717) is 92.0 Å². The van der Waals surface area contributed by atoms with Crippen LogP contribution in [0.4, 0.5) is 0 Å². The Labute approximate surface area is 564 Å². The summed E-state index contributed by atoms with van der Waals surface area (Å²) in [6.45, 7) is 3.63. The van der Waals surface area contributed by atoms with E-state index in [-0.39, 0.29) is 45.2 Å². The van der Waals surface area contributed by atoms with Crippen LogP contribution in [0, 0.1) is 0 Å². The lowest BCUT2D eigenvalue weighted by atomic mass is 10.1. The van der Waals surface area contributed by atoms with Gasteiger partial charge in [-0.1, -0.05) is 72.8 Å². The average Bonchev–Trinajstić information content (AvgIpc) is 1.66. The molecular formula is C71H55N15O12S. The van der Waals surface area contributed by atoms with Gasteiger partial charge in [0.1, 0.15) is 27.7 Å². The third-order valence-corrected chi connectivity index (χ3v) is 17.8. The fourth-order valence-corrected chi connectivity index (χ4v) is 12.5. The van der Waals surface area contributed by atoms with Crippen molar-refractivity contribution in [2.45, 2.75) is 52.4 Å². The van der Waals surface area contributed by atoms with Gasteiger partial charge in [-0.3, -0.25) is 54.5 Å². The van der Waals surface area contributed by atoms with Crippen molar-refractivity contribution in [1.82, 2.24) is 75.3 Å². The van der Waals surface area contributed by atoms with Crippen LogP contribution in [-0.4, -0.2) is 143 Å². The summed E-state index contributed by atoms with van der Waals surface area (Å²) < 4.78 is 0. The fraction of sp³-hybridized carbons (Fsp3) is 0.113. The average molecular weight is 1340 g/mol. The number of carbonyl (C=O) groups is 8. The molecule has 99 heavy (non-hydrogen) atoms. The summed E-state index contributed by atoms with van der Waals surface area (Å²) in [5, 5.41) is 65.1. The first-order chi connectivity index (χ1) is 48.0. The number of H-pyrrole nitrogens is 4. The molecule has 12 heterocycles. The number of nitrogens with one attached hydrogen (secondary N) is 4. The number of nitrogens with zero attached hydrogens (tertiary/aromatic N) is 11. The Morgan fingerprint density at radius 2 is 0.707 bits per heavy atom. The van der Waals surface area contributed by atoms with Gasteiger partial charge >= 0.3 is 23.9 Å². The summed E-state index contributed by atoms with van der Waals surface area (Å²) >= 11 is 1.17. The maximum Gasteiger partial charge on any atom is 0.345 e. The van der Waals surface area contributed by atoms with Crippen molar-refractivity contribution in [3.63, 3.8) is 0 Å². The number of benzene rings is 4. The number of thiophene rings is 1. The highest BCUT2D eigenvalue weighted by Gasteiger charge is 2.34. The summed E-state index contributed by atoms with van der Waals surface area (Å²) in [5.74, 6) is -4.22. The van der Waals surface area contributed by atoms with E-state index >= 15 is 0 Å². The zero-order chi connectivity index (χ0) is 68.8. The molecule has 4 aliphatic rings. The van der Waals surface area contributed by atoms with E-state index in [2.05, 4.69) is 55.7 Å². The molecule has 12 aromatic rings. The predicted molar refractivity (Wildman–Crippen MR) is 355 cm³/mol. The first-order valence-electron chi connectivity index (χ1n) is 30.6. The van der Waals surface area contributed by atoms with Gasteiger partial charge in [-0.25, -0.2) is 19.2 Å². The minimum absolute atomic E-state index is 0.0163. The monoisotopic (exact) mass is 1340 g/mol. The van der Waals surface area contributed by atoms with Gasteiger partial charge in [0.05, 0.1) is 114 Å². The van der Waals surface area contributed by atoms with Gasteiger partial charge in [-0.05, 0) is 97.1 Å². The third kappa shape index (κ3) is 13.7. The molecule has 8 aromatic heterocycles. The third-order valence-electron chi connectivity index (χ3n) is 16.7. The normalized spacial score (nSPS) is 12.9. The first-order valence-corrected chi connectivity index (χ1v) is 31.4. The Morgan fingerprint density at radius 1 is 0.333 bits per heavy atom. The molecule has 0 spiro atoms. The van der Waals surface area contributed by atoms with Crippen molar-refractivity contribution in [2.75, 3.05) is 0 Å². The first kappa shape index (κ1) is 64.3. The quantitative estimate of drug-likeness (QED) is 0.0563. The number of hydrogen-bond acceptors (Lipinski definition) is 16. The van der Waals surface area contributed by atoms with Crippen LogP contribution in [0.1, 0.15) is 127 Å². The molecule has 0 bridgehead atoms. The molecule has 492 valence electrons. The lowest BCUT2D eigenvalue weighted by molar-refractivity contribution is 0.0685. The molecule has 0 atom stereocenters. The van der Waals surface area contributed by atoms with Crippen LogP contribution in [0.2, 0.25) is 0 Å². The van der Waals surface area contributed by atoms with E-state index in [9.17, 15) is 38.4 Å². The molecule has 4 amide bonds. The van der Waals surface area contributed by atoms with Crippen molar-refractivity contribution < 1.29 is 58.8 Å². The Hall–Kier alpha value is -13.4. The van der Waals surface area contributed by atoms with E-state index in [1.165, 1.54) is 23.6 Å². The number of amides is 4. The van der Waals surface area contributed by atoms with E-state index in [1.54, 1.807) is 159 Å². The Morgan fingerprint density at radius 3 is 1.08 bits per heavy atom. The number of carbonyl (C=O) groups excluding carboxylic acids is 4. The number of carboxylic acid groups (broad SMARTS) is 4.